The molecule has 1 N–H and O–H groups in total. The molecule has 0 spiro atoms. The summed E-state index contributed by atoms with van der Waals surface area (Å²) in [5.74, 6) is 2.09. The summed E-state index contributed by atoms with van der Waals surface area (Å²) in [5, 5.41) is 17.7. The van der Waals surface area contributed by atoms with Crippen molar-refractivity contribution in [3.63, 3.8) is 0 Å². The zero-order chi connectivity index (χ0) is 11.1. The van der Waals surface area contributed by atoms with Crippen LogP contribution in [0.3, 0.4) is 0 Å². The van der Waals surface area contributed by atoms with Gasteiger partial charge in [-0.1, -0.05) is 25.1 Å². The molecule has 1 rings (SSSR count). The SMILES string of the molecule is CC(CO)CSCc1ccccc1C#N. The molecule has 2 nitrogen and oxygen atoms in total. The summed E-state index contributed by atoms with van der Waals surface area (Å²) in [7, 11) is 0. The van der Waals surface area contributed by atoms with Gasteiger partial charge < -0.3 is 5.11 Å². The van der Waals surface area contributed by atoms with Crippen LogP contribution in [-0.4, -0.2) is 17.5 Å². The van der Waals surface area contributed by atoms with Gasteiger partial charge in [0, 0.05) is 12.4 Å². The molecule has 0 bridgehead atoms. The molecule has 15 heavy (non-hydrogen) atoms. The van der Waals surface area contributed by atoms with E-state index in [9.17, 15) is 0 Å². The van der Waals surface area contributed by atoms with Crippen molar-refractivity contribution in [3.8, 4) is 6.07 Å². The average molecular weight is 221 g/mol. The van der Waals surface area contributed by atoms with Gasteiger partial charge in [0.25, 0.3) is 0 Å². The first-order chi connectivity index (χ1) is 7.27. The molecule has 3 heteroatoms. The second-order valence-electron chi connectivity index (χ2n) is 3.57. The fourth-order valence-corrected chi connectivity index (χ4v) is 2.28. The number of nitriles is 1. The molecule has 0 aliphatic rings. The van der Waals surface area contributed by atoms with E-state index in [1.165, 1.54) is 0 Å². The summed E-state index contributed by atoms with van der Waals surface area (Å²) >= 11 is 1.76. The van der Waals surface area contributed by atoms with Crippen molar-refractivity contribution >= 4 is 11.8 Å². The number of aliphatic hydroxyl groups is 1. The number of thioether (sulfide) groups is 1. The highest BCUT2D eigenvalue weighted by atomic mass is 32.2. The maximum absolute atomic E-state index is 8.87. The van der Waals surface area contributed by atoms with E-state index in [-0.39, 0.29) is 6.61 Å². The van der Waals surface area contributed by atoms with Crippen LogP contribution in [0.25, 0.3) is 0 Å². The number of aliphatic hydroxyl groups excluding tert-OH is 1. The quantitative estimate of drug-likeness (QED) is 0.830. The molecule has 1 atom stereocenters. The third kappa shape index (κ3) is 3.94. The van der Waals surface area contributed by atoms with Crippen molar-refractivity contribution < 1.29 is 5.11 Å². The molecule has 1 unspecified atom stereocenters. The van der Waals surface area contributed by atoms with Crippen LogP contribution in [0, 0.1) is 17.2 Å². The first-order valence-electron chi connectivity index (χ1n) is 4.94. The number of hydrogen-bond donors (Lipinski definition) is 1. The van der Waals surface area contributed by atoms with E-state index in [2.05, 4.69) is 6.07 Å². The molecule has 0 saturated carbocycles. The van der Waals surface area contributed by atoms with Gasteiger partial charge in [-0.3, -0.25) is 0 Å². The van der Waals surface area contributed by atoms with Crippen molar-refractivity contribution in [3.05, 3.63) is 35.4 Å². The van der Waals surface area contributed by atoms with E-state index < -0.39 is 0 Å². The third-order valence-corrected chi connectivity index (χ3v) is 3.43. The summed E-state index contributed by atoms with van der Waals surface area (Å²) < 4.78 is 0. The van der Waals surface area contributed by atoms with Gasteiger partial charge in [0.05, 0.1) is 11.6 Å². The molecule has 0 radical (unpaired) electrons. The van der Waals surface area contributed by atoms with Crippen LogP contribution >= 0.6 is 11.8 Å². The number of hydrogen-bond acceptors (Lipinski definition) is 3. The second kappa shape index (κ2) is 6.49. The Morgan fingerprint density at radius 1 is 1.47 bits per heavy atom. The van der Waals surface area contributed by atoms with Crippen LogP contribution in [0.5, 0.6) is 0 Å². The van der Waals surface area contributed by atoms with Crippen molar-refractivity contribution in [1.82, 2.24) is 0 Å². The Kier molecular flexibility index (Phi) is 5.23. The number of benzene rings is 1. The van der Waals surface area contributed by atoms with E-state index >= 15 is 0 Å². The molecule has 1 aromatic rings. The topological polar surface area (TPSA) is 44.0 Å². The monoisotopic (exact) mass is 221 g/mol. The van der Waals surface area contributed by atoms with Gasteiger partial charge in [-0.15, -0.1) is 0 Å². The van der Waals surface area contributed by atoms with Crippen molar-refractivity contribution in [2.45, 2.75) is 12.7 Å². The summed E-state index contributed by atoms with van der Waals surface area (Å²) in [6, 6.07) is 9.83. The van der Waals surface area contributed by atoms with Gasteiger partial charge in [0.1, 0.15) is 0 Å². The molecular weight excluding hydrogens is 206 g/mol. The van der Waals surface area contributed by atoms with Gasteiger partial charge in [0.15, 0.2) is 0 Å². The second-order valence-corrected chi connectivity index (χ2v) is 4.60. The fourth-order valence-electron chi connectivity index (χ4n) is 1.18. The fraction of sp³-hybridized carbons (Fsp3) is 0.417. The maximum Gasteiger partial charge on any atom is 0.0994 e. The molecule has 0 fully saturated rings. The van der Waals surface area contributed by atoms with Gasteiger partial charge >= 0.3 is 0 Å². The Hall–Kier alpha value is -0.980. The van der Waals surface area contributed by atoms with Crippen molar-refractivity contribution in [2.24, 2.45) is 5.92 Å². The number of nitrogens with zero attached hydrogens (tertiary/aromatic N) is 1. The van der Waals surface area contributed by atoms with E-state index in [4.69, 9.17) is 10.4 Å². The Bertz CT molecular complexity index is 346. The number of rotatable bonds is 5. The molecular formula is C12H15NOS. The standard InChI is InChI=1S/C12H15NOS/c1-10(7-14)8-15-9-12-5-3-2-4-11(12)6-13/h2-5,10,14H,7-9H2,1H3. The largest absolute Gasteiger partial charge is 0.396 e. The lowest BCUT2D eigenvalue weighted by atomic mass is 10.1. The highest BCUT2D eigenvalue weighted by Gasteiger charge is 2.03. The van der Waals surface area contributed by atoms with Crippen molar-refractivity contribution in [1.29, 1.82) is 5.26 Å². The smallest absolute Gasteiger partial charge is 0.0994 e. The highest BCUT2D eigenvalue weighted by Crippen LogP contribution is 2.18. The molecule has 1 aromatic carbocycles. The molecule has 0 aliphatic carbocycles. The molecule has 0 heterocycles. The molecule has 0 aromatic heterocycles. The summed E-state index contributed by atoms with van der Waals surface area (Å²) in [5.41, 5.74) is 1.83. The lowest BCUT2D eigenvalue weighted by Gasteiger charge is -2.07. The van der Waals surface area contributed by atoms with Crippen LogP contribution in [0.2, 0.25) is 0 Å². The Morgan fingerprint density at radius 3 is 2.87 bits per heavy atom. The Balaban J connectivity index is 2.47. The molecule has 0 aliphatic heterocycles. The van der Waals surface area contributed by atoms with Gasteiger partial charge in [-0.2, -0.15) is 17.0 Å². The summed E-state index contributed by atoms with van der Waals surface area (Å²) in [6.45, 7) is 2.25. The zero-order valence-electron chi connectivity index (χ0n) is 8.81. The van der Waals surface area contributed by atoms with Crippen LogP contribution in [0.15, 0.2) is 24.3 Å². The molecule has 0 amide bonds. The van der Waals surface area contributed by atoms with Gasteiger partial charge in [0.2, 0.25) is 0 Å². The zero-order valence-corrected chi connectivity index (χ0v) is 9.63. The lowest BCUT2D eigenvalue weighted by molar-refractivity contribution is 0.250. The Labute approximate surface area is 94.9 Å². The summed E-state index contributed by atoms with van der Waals surface area (Å²) in [4.78, 5) is 0. The van der Waals surface area contributed by atoms with Gasteiger partial charge in [-0.25, -0.2) is 0 Å². The minimum Gasteiger partial charge on any atom is -0.396 e. The minimum atomic E-state index is 0.229. The van der Waals surface area contributed by atoms with E-state index in [0.29, 0.717) is 5.92 Å². The van der Waals surface area contributed by atoms with E-state index in [0.717, 1.165) is 22.6 Å². The van der Waals surface area contributed by atoms with Gasteiger partial charge in [-0.05, 0) is 23.3 Å². The van der Waals surface area contributed by atoms with Crippen LogP contribution in [0.4, 0.5) is 0 Å². The van der Waals surface area contributed by atoms with Crippen LogP contribution < -0.4 is 0 Å². The van der Waals surface area contributed by atoms with Crippen molar-refractivity contribution in [2.75, 3.05) is 12.4 Å². The van der Waals surface area contributed by atoms with E-state index in [1.54, 1.807) is 11.8 Å². The Morgan fingerprint density at radius 2 is 2.20 bits per heavy atom. The maximum atomic E-state index is 8.87. The lowest BCUT2D eigenvalue weighted by Crippen LogP contribution is -2.03. The average Bonchev–Trinajstić information content (AvgIpc) is 2.29. The predicted octanol–water partition coefficient (Wildman–Crippen LogP) is 2.42. The third-order valence-electron chi connectivity index (χ3n) is 2.11. The molecule has 80 valence electrons. The highest BCUT2D eigenvalue weighted by molar-refractivity contribution is 7.98. The minimum absolute atomic E-state index is 0.229. The first kappa shape index (κ1) is 12.1. The van der Waals surface area contributed by atoms with Crippen LogP contribution in [0.1, 0.15) is 18.1 Å². The first-order valence-corrected chi connectivity index (χ1v) is 6.10. The normalized spacial score (nSPS) is 12.1. The molecule has 0 saturated heterocycles. The van der Waals surface area contributed by atoms with Crippen LogP contribution in [-0.2, 0) is 5.75 Å². The van der Waals surface area contributed by atoms with E-state index in [1.807, 2.05) is 31.2 Å². The predicted molar refractivity (Wildman–Crippen MR) is 63.6 cm³/mol. The summed E-state index contributed by atoms with van der Waals surface area (Å²) in [6.07, 6.45) is 0.